The van der Waals surface area contributed by atoms with Crippen LogP contribution in [0.4, 0.5) is 11.6 Å². The van der Waals surface area contributed by atoms with E-state index < -0.39 is 10.0 Å². The molecule has 5 rings (SSSR count). The average Bonchev–Trinajstić information content (AvgIpc) is 3.15. The smallest absolute Gasteiger partial charge is 0.243 e. The number of hydrogen-bond donors (Lipinski definition) is 2. The van der Waals surface area contributed by atoms with Crippen LogP contribution in [-0.2, 0) is 10.0 Å². The van der Waals surface area contributed by atoms with Crippen LogP contribution < -0.4 is 5.32 Å². The summed E-state index contributed by atoms with van der Waals surface area (Å²) in [5.41, 5.74) is 3.70. The van der Waals surface area contributed by atoms with Gasteiger partial charge in [-0.2, -0.15) is 19.7 Å². The summed E-state index contributed by atoms with van der Waals surface area (Å²) in [6.45, 7) is 1.39. The number of halogens is 1. The van der Waals surface area contributed by atoms with Crippen molar-refractivity contribution in [1.82, 2.24) is 29.7 Å². The number of aliphatic imine (C=N–C) groups is 1. The molecular formula is C23H21ClN8O2S. The highest BCUT2D eigenvalue weighted by molar-refractivity contribution is 7.89. The zero-order chi connectivity index (χ0) is 24.3. The lowest BCUT2D eigenvalue weighted by Crippen LogP contribution is -2.32. The molecular weight excluding hydrogens is 488 g/mol. The maximum absolute atomic E-state index is 12.9. The van der Waals surface area contributed by atoms with Gasteiger partial charge in [-0.1, -0.05) is 23.8 Å². The first-order valence-electron chi connectivity index (χ1n) is 10.8. The second-order valence-electron chi connectivity index (χ2n) is 7.81. The van der Waals surface area contributed by atoms with Crippen molar-refractivity contribution in [2.45, 2.75) is 11.3 Å². The Kier molecular flexibility index (Phi) is 6.53. The quantitative estimate of drug-likeness (QED) is 0.405. The van der Waals surface area contributed by atoms with Gasteiger partial charge >= 0.3 is 0 Å². The molecule has 0 radical (unpaired) electrons. The summed E-state index contributed by atoms with van der Waals surface area (Å²) in [4.78, 5) is 13.1. The fraction of sp³-hybridized carbons (Fsp3) is 0.174. The van der Waals surface area contributed by atoms with Crippen LogP contribution in [-0.4, -0.2) is 64.0 Å². The molecule has 1 aliphatic rings. The van der Waals surface area contributed by atoms with Gasteiger partial charge < -0.3 is 5.32 Å². The number of nitrogens with one attached hydrogen (secondary N) is 2. The van der Waals surface area contributed by atoms with Crippen molar-refractivity contribution in [3.63, 3.8) is 0 Å². The standard InChI is InChI=1S/C23H21ClN8O2S/c24-18-12-17(22-21(13-18)29-31-30-22)3-2-16-14-26-23(27-15-16)28-19-4-6-20(7-5-19)35(33,34)32-10-1-8-25-9-11-32/h2-7,9,12-15H,1,8,10-11H2,(H,26,27,28)(H,29,30,31)/b3-2+. The van der Waals surface area contributed by atoms with Crippen molar-refractivity contribution in [3.8, 4) is 0 Å². The number of nitrogens with zero attached hydrogens (tertiary/aromatic N) is 6. The topological polar surface area (TPSA) is 129 Å². The fourth-order valence-electron chi connectivity index (χ4n) is 3.62. The molecule has 0 saturated heterocycles. The van der Waals surface area contributed by atoms with Gasteiger partial charge in [0.05, 0.1) is 4.90 Å². The van der Waals surface area contributed by atoms with Crippen LogP contribution in [0.25, 0.3) is 23.2 Å². The Bertz CT molecular complexity index is 1500. The Morgan fingerprint density at radius 2 is 1.86 bits per heavy atom. The molecule has 4 aromatic rings. The maximum Gasteiger partial charge on any atom is 0.243 e. The lowest BCUT2D eigenvalue weighted by Gasteiger charge is -2.19. The molecule has 10 nitrogen and oxygen atoms in total. The first kappa shape index (κ1) is 23.1. The van der Waals surface area contributed by atoms with Gasteiger partial charge in [0.25, 0.3) is 0 Å². The third-order valence-electron chi connectivity index (χ3n) is 5.40. The van der Waals surface area contributed by atoms with Crippen LogP contribution in [0, 0.1) is 0 Å². The zero-order valence-corrected chi connectivity index (χ0v) is 20.0. The van der Waals surface area contributed by atoms with E-state index in [9.17, 15) is 8.42 Å². The van der Waals surface area contributed by atoms with E-state index >= 15 is 0 Å². The number of sulfonamides is 1. The number of H-pyrrole nitrogens is 1. The maximum atomic E-state index is 12.9. The van der Waals surface area contributed by atoms with Crippen molar-refractivity contribution in [1.29, 1.82) is 0 Å². The number of fused-ring (bicyclic) bond motifs is 1. The van der Waals surface area contributed by atoms with E-state index in [-0.39, 0.29) is 11.4 Å². The normalized spacial score (nSPS) is 15.0. The lowest BCUT2D eigenvalue weighted by atomic mass is 10.1. The highest BCUT2D eigenvalue weighted by atomic mass is 35.5. The molecule has 0 spiro atoms. The van der Waals surface area contributed by atoms with E-state index in [2.05, 4.69) is 35.7 Å². The Labute approximate surface area is 206 Å². The third kappa shape index (κ3) is 5.21. The summed E-state index contributed by atoms with van der Waals surface area (Å²) in [5, 5.41) is 14.5. The summed E-state index contributed by atoms with van der Waals surface area (Å²) < 4.78 is 27.2. The SMILES string of the molecule is O=S(=O)(c1ccc(Nc2ncc(/C=C/c3cc(Cl)cc4n[nH]nc34)cn2)cc1)N1CC=NCCC1. The number of rotatable bonds is 6. The van der Waals surface area contributed by atoms with Gasteiger partial charge in [0.2, 0.25) is 16.0 Å². The average molecular weight is 509 g/mol. The summed E-state index contributed by atoms with van der Waals surface area (Å²) in [6, 6.07) is 10.1. The van der Waals surface area contributed by atoms with Crippen molar-refractivity contribution >= 4 is 62.7 Å². The second-order valence-corrected chi connectivity index (χ2v) is 10.2. The van der Waals surface area contributed by atoms with E-state index in [1.165, 1.54) is 4.31 Å². The molecule has 35 heavy (non-hydrogen) atoms. The molecule has 0 fully saturated rings. The summed E-state index contributed by atoms with van der Waals surface area (Å²) in [7, 11) is -3.57. The van der Waals surface area contributed by atoms with Crippen molar-refractivity contribution in [2.75, 3.05) is 25.0 Å². The van der Waals surface area contributed by atoms with Gasteiger partial charge in [-0.3, -0.25) is 4.99 Å². The first-order valence-corrected chi connectivity index (χ1v) is 12.7. The van der Waals surface area contributed by atoms with Gasteiger partial charge in [0.15, 0.2) is 0 Å². The lowest BCUT2D eigenvalue weighted by molar-refractivity contribution is 0.453. The van der Waals surface area contributed by atoms with Crippen LogP contribution >= 0.6 is 11.6 Å². The van der Waals surface area contributed by atoms with Crippen LogP contribution in [0.15, 0.2) is 58.7 Å². The second kappa shape index (κ2) is 9.90. The molecule has 2 aromatic carbocycles. The van der Waals surface area contributed by atoms with Gasteiger partial charge in [-0.05, 0) is 42.8 Å². The van der Waals surface area contributed by atoms with E-state index in [4.69, 9.17) is 11.6 Å². The largest absolute Gasteiger partial charge is 0.324 e. The Morgan fingerprint density at radius 3 is 2.66 bits per heavy atom. The van der Waals surface area contributed by atoms with E-state index in [0.717, 1.165) is 16.6 Å². The monoisotopic (exact) mass is 508 g/mol. The van der Waals surface area contributed by atoms with Crippen molar-refractivity contribution in [3.05, 3.63) is 64.9 Å². The molecule has 178 valence electrons. The van der Waals surface area contributed by atoms with Crippen molar-refractivity contribution < 1.29 is 8.42 Å². The van der Waals surface area contributed by atoms with Gasteiger partial charge in [-0.25, -0.2) is 18.4 Å². The summed E-state index contributed by atoms with van der Waals surface area (Å²) in [5.74, 6) is 0.392. The minimum Gasteiger partial charge on any atom is -0.324 e. The molecule has 0 bridgehead atoms. The fourth-order valence-corrected chi connectivity index (χ4v) is 5.25. The van der Waals surface area contributed by atoms with E-state index in [0.29, 0.717) is 41.7 Å². The van der Waals surface area contributed by atoms with Crippen LogP contribution in [0.2, 0.25) is 5.02 Å². The molecule has 3 heterocycles. The number of benzene rings is 2. The number of hydrogen-bond acceptors (Lipinski definition) is 8. The number of aromatic nitrogens is 5. The highest BCUT2D eigenvalue weighted by Gasteiger charge is 2.24. The predicted octanol–water partition coefficient (Wildman–Crippen LogP) is 3.78. The predicted molar refractivity (Wildman–Crippen MR) is 136 cm³/mol. The molecule has 2 aromatic heterocycles. The molecule has 0 amide bonds. The van der Waals surface area contributed by atoms with Gasteiger partial charge in [0, 0.05) is 60.1 Å². The highest BCUT2D eigenvalue weighted by Crippen LogP contribution is 2.23. The first-order chi connectivity index (χ1) is 17.0. The summed E-state index contributed by atoms with van der Waals surface area (Å²) >= 11 is 6.15. The van der Waals surface area contributed by atoms with Crippen LogP contribution in [0.5, 0.6) is 0 Å². The number of aromatic amines is 1. The van der Waals surface area contributed by atoms with Crippen molar-refractivity contribution in [2.24, 2.45) is 4.99 Å². The Hall–Kier alpha value is -3.67. The molecule has 1 aliphatic heterocycles. The third-order valence-corrected chi connectivity index (χ3v) is 7.50. The van der Waals surface area contributed by atoms with Crippen LogP contribution in [0.3, 0.4) is 0 Å². The number of anilines is 2. The summed E-state index contributed by atoms with van der Waals surface area (Å²) in [6.07, 6.45) is 9.45. The Morgan fingerprint density at radius 1 is 1.06 bits per heavy atom. The molecule has 0 aliphatic carbocycles. The molecule has 0 unspecified atom stereocenters. The zero-order valence-electron chi connectivity index (χ0n) is 18.5. The minimum atomic E-state index is -3.57. The minimum absolute atomic E-state index is 0.238. The molecule has 12 heteroatoms. The van der Waals surface area contributed by atoms with Crippen LogP contribution in [0.1, 0.15) is 17.5 Å². The Balaban J connectivity index is 1.26. The van der Waals surface area contributed by atoms with Gasteiger partial charge in [0.1, 0.15) is 11.0 Å². The molecule has 2 N–H and O–H groups in total. The van der Waals surface area contributed by atoms with Gasteiger partial charge in [-0.15, -0.1) is 0 Å². The molecule has 0 saturated carbocycles. The molecule has 0 atom stereocenters. The van der Waals surface area contributed by atoms with E-state index in [1.807, 2.05) is 18.2 Å². The van der Waals surface area contributed by atoms with E-state index in [1.54, 1.807) is 48.9 Å².